The second kappa shape index (κ2) is 6.22. The summed E-state index contributed by atoms with van der Waals surface area (Å²) in [7, 11) is 0. The van der Waals surface area contributed by atoms with Crippen LogP contribution < -0.4 is 5.32 Å². The molecule has 1 unspecified atom stereocenters. The average Bonchev–Trinajstić information content (AvgIpc) is 2.94. The quantitative estimate of drug-likeness (QED) is 0.932. The van der Waals surface area contributed by atoms with Gasteiger partial charge in [-0.15, -0.1) is 0 Å². The largest absolute Gasteiger partial charge is 0.367 e. The summed E-state index contributed by atoms with van der Waals surface area (Å²) >= 11 is 1.34. The number of aliphatic imine (C=N–C) groups is 2. The zero-order chi connectivity index (χ0) is 14.7. The molecule has 1 atom stereocenters. The van der Waals surface area contributed by atoms with E-state index in [0.29, 0.717) is 0 Å². The number of nitrogens with one attached hydrogen (secondary N) is 1. The van der Waals surface area contributed by atoms with Gasteiger partial charge in [-0.1, -0.05) is 30.0 Å². The van der Waals surface area contributed by atoms with Gasteiger partial charge in [0.25, 0.3) is 0 Å². The third-order valence-corrected chi connectivity index (χ3v) is 4.56. The molecule has 1 heterocycles. The molecule has 3 amide bonds. The molecule has 0 spiro atoms. The Morgan fingerprint density at radius 3 is 2.90 bits per heavy atom. The molecule has 1 aliphatic carbocycles. The summed E-state index contributed by atoms with van der Waals surface area (Å²) in [6, 6.07) is 8.88. The molecule has 1 aliphatic heterocycles. The van der Waals surface area contributed by atoms with Crippen LogP contribution in [0.15, 0.2) is 40.3 Å². The molecule has 108 valence electrons. The number of fused-ring (bicyclic) bond motifs is 1. The Kier molecular flexibility index (Phi) is 4.15. The number of thioether (sulfide) groups is 1. The van der Waals surface area contributed by atoms with Crippen LogP contribution in [-0.4, -0.2) is 28.4 Å². The van der Waals surface area contributed by atoms with Gasteiger partial charge < -0.3 is 5.32 Å². The van der Waals surface area contributed by atoms with Crippen LogP contribution in [0, 0.1) is 5.92 Å². The van der Waals surface area contributed by atoms with E-state index in [2.05, 4.69) is 15.3 Å². The summed E-state index contributed by atoms with van der Waals surface area (Å²) in [5.74, 6) is 0.311. The molecule has 1 aromatic rings. The van der Waals surface area contributed by atoms with Crippen molar-refractivity contribution in [2.45, 2.75) is 19.3 Å². The van der Waals surface area contributed by atoms with Crippen LogP contribution in [0.3, 0.4) is 0 Å². The minimum absolute atomic E-state index is 0.0941. The Balaban J connectivity index is 1.57. The smallest absolute Gasteiger partial charge is 0.325 e. The Morgan fingerprint density at radius 1 is 1.29 bits per heavy atom. The number of amides is 3. The minimum Gasteiger partial charge on any atom is -0.325 e. The zero-order valence-corrected chi connectivity index (χ0v) is 12.2. The molecule has 21 heavy (non-hydrogen) atoms. The maximum atomic E-state index is 11.9. The van der Waals surface area contributed by atoms with E-state index in [4.69, 9.17) is 0 Å². The number of nitrogens with zero attached hydrogens (tertiary/aromatic N) is 2. The van der Waals surface area contributed by atoms with Crippen LogP contribution in [0.4, 0.5) is 10.5 Å². The molecule has 3 rings (SSSR count). The molecule has 1 N–H and O–H groups in total. The van der Waals surface area contributed by atoms with E-state index in [9.17, 15) is 9.59 Å². The number of carbonyl (C=O) groups is 2. The summed E-state index contributed by atoms with van der Waals surface area (Å²) in [4.78, 5) is 31.3. The fraction of sp³-hybridized carbons (Fsp3) is 0.333. The highest BCUT2D eigenvalue weighted by atomic mass is 32.2. The van der Waals surface area contributed by atoms with Crippen LogP contribution in [0.25, 0.3) is 0 Å². The van der Waals surface area contributed by atoms with Gasteiger partial charge in [-0.3, -0.25) is 4.79 Å². The molecular formula is C15H15N3O2S. The van der Waals surface area contributed by atoms with Crippen LogP contribution in [-0.2, 0) is 4.79 Å². The molecule has 1 fully saturated rings. The Hall–Kier alpha value is -1.95. The number of benzene rings is 1. The van der Waals surface area contributed by atoms with Gasteiger partial charge in [0.15, 0.2) is 0 Å². The molecule has 0 radical (unpaired) electrons. The third-order valence-electron chi connectivity index (χ3n) is 3.48. The van der Waals surface area contributed by atoms with Crippen molar-refractivity contribution in [2.24, 2.45) is 15.9 Å². The van der Waals surface area contributed by atoms with E-state index < -0.39 is 6.03 Å². The molecule has 0 bridgehead atoms. The maximum absolute atomic E-state index is 11.9. The molecule has 6 heteroatoms. The predicted octanol–water partition coefficient (Wildman–Crippen LogP) is 3.13. The first-order valence-corrected chi connectivity index (χ1v) is 7.88. The predicted molar refractivity (Wildman–Crippen MR) is 85.1 cm³/mol. The van der Waals surface area contributed by atoms with E-state index in [1.54, 1.807) is 0 Å². The number of anilines is 1. The van der Waals surface area contributed by atoms with Gasteiger partial charge in [-0.05, 0) is 31.4 Å². The molecule has 0 aromatic heterocycles. The summed E-state index contributed by atoms with van der Waals surface area (Å²) in [6.07, 6.45) is 2.87. The SMILES string of the molecule is O=C1N=C2CCCC2C(SCC(=O)Nc2ccccc2)=N1. The molecule has 2 aliphatic rings. The summed E-state index contributed by atoms with van der Waals surface area (Å²) in [5.41, 5.74) is 1.70. The fourth-order valence-corrected chi connectivity index (χ4v) is 3.49. The standard InChI is InChI=1S/C15H15N3O2S/c19-13(16-10-5-2-1-3-6-10)9-21-14-11-7-4-8-12(11)17-15(20)18-14/h1-3,5-6,11H,4,7-9H2,(H,16,19). The molecular weight excluding hydrogens is 286 g/mol. The van der Waals surface area contributed by atoms with E-state index in [1.807, 2.05) is 30.3 Å². The van der Waals surface area contributed by atoms with Crippen LogP contribution in [0.5, 0.6) is 0 Å². The molecule has 5 nitrogen and oxygen atoms in total. The summed E-state index contributed by atoms with van der Waals surface area (Å²) in [5, 5.41) is 3.56. The lowest BCUT2D eigenvalue weighted by atomic mass is 10.1. The highest BCUT2D eigenvalue weighted by molar-refractivity contribution is 8.14. The lowest BCUT2D eigenvalue weighted by molar-refractivity contribution is -0.113. The van der Waals surface area contributed by atoms with E-state index in [1.165, 1.54) is 11.8 Å². The first-order chi connectivity index (χ1) is 10.2. The lowest BCUT2D eigenvalue weighted by Crippen LogP contribution is -2.24. The maximum Gasteiger partial charge on any atom is 0.367 e. The van der Waals surface area contributed by atoms with Gasteiger partial charge in [0.1, 0.15) is 0 Å². The van der Waals surface area contributed by atoms with Gasteiger partial charge in [0, 0.05) is 17.3 Å². The number of para-hydroxylation sites is 1. The first kappa shape index (κ1) is 14.0. The monoisotopic (exact) mass is 301 g/mol. The topological polar surface area (TPSA) is 70.9 Å². The average molecular weight is 301 g/mol. The molecule has 1 aromatic carbocycles. The van der Waals surface area contributed by atoms with E-state index in [0.717, 1.165) is 35.7 Å². The summed E-state index contributed by atoms with van der Waals surface area (Å²) < 4.78 is 0. The van der Waals surface area contributed by atoms with Crippen LogP contribution in [0.2, 0.25) is 0 Å². The lowest BCUT2D eigenvalue weighted by Gasteiger charge is -2.16. The summed E-state index contributed by atoms with van der Waals surface area (Å²) in [6.45, 7) is 0. The van der Waals surface area contributed by atoms with Gasteiger partial charge in [-0.2, -0.15) is 4.99 Å². The number of urea groups is 1. The van der Waals surface area contributed by atoms with Crippen molar-refractivity contribution in [3.8, 4) is 0 Å². The van der Waals surface area contributed by atoms with Crippen LogP contribution >= 0.6 is 11.8 Å². The van der Waals surface area contributed by atoms with Gasteiger partial charge in [0.05, 0.1) is 10.8 Å². The Labute approximate surface area is 126 Å². The highest BCUT2D eigenvalue weighted by Gasteiger charge is 2.32. The van der Waals surface area contributed by atoms with Crippen molar-refractivity contribution in [1.82, 2.24) is 0 Å². The second-order valence-corrected chi connectivity index (χ2v) is 5.98. The number of hydrogen-bond donors (Lipinski definition) is 1. The van der Waals surface area contributed by atoms with Gasteiger partial charge in [-0.25, -0.2) is 9.79 Å². The Morgan fingerprint density at radius 2 is 2.10 bits per heavy atom. The van der Waals surface area contributed by atoms with Crippen molar-refractivity contribution in [2.75, 3.05) is 11.1 Å². The van der Waals surface area contributed by atoms with E-state index >= 15 is 0 Å². The van der Waals surface area contributed by atoms with Crippen molar-refractivity contribution in [1.29, 1.82) is 0 Å². The zero-order valence-electron chi connectivity index (χ0n) is 11.4. The molecule has 0 saturated heterocycles. The fourth-order valence-electron chi connectivity index (χ4n) is 2.54. The molecule has 1 saturated carbocycles. The highest BCUT2D eigenvalue weighted by Crippen LogP contribution is 2.31. The third kappa shape index (κ3) is 3.39. The number of rotatable bonds is 3. The van der Waals surface area contributed by atoms with E-state index in [-0.39, 0.29) is 17.6 Å². The number of hydrogen-bond acceptors (Lipinski definition) is 3. The van der Waals surface area contributed by atoms with Crippen molar-refractivity contribution < 1.29 is 9.59 Å². The normalized spacial score (nSPS) is 20.6. The minimum atomic E-state index is -0.436. The van der Waals surface area contributed by atoms with Crippen molar-refractivity contribution >= 4 is 40.1 Å². The second-order valence-electron chi connectivity index (χ2n) is 4.98. The number of carbonyl (C=O) groups excluding carboxylic acids is 2. The van der Waals surface area contributed by atoms with Gasteiger partial charge in [0.2, 0.25) is 5.91 Å². The van der Waals surface area contributed by atoms with Gasteiger partial charge >= 0.3 is 6.03 Å². The van der Waals surface area contributed by atoms with Crippen molar-refractivity contribution in [3.63, 3.8) is 0 Å². The first-order valence-electron chi connectivity index (χ1n) is 6.90. The van der Waals surface area contributed by atoms with Crippen LogP contribution in [0.1, 0.15) is 19.3 Å². The van der Waals surface area contributed by atoms with Crippen molar-refractivity contribution in [3.05, 3.63) is 30.3 Å². The Bertz CT molecular complexity index is 625.